The molecule has 1 aromatic carbocycles. The Morgan fingerprint density at radius 2 is 1.60 bits per heavy atom. The molecule has 0 N–H and O–H groups in total. The van der Waals surface area contributed by atoms with Crippen LogP contribution in [-0.2, 0) is 0 Å². The van der Waals surface area contributed by atoms with Gasteiger partial charge in [0.1, 0.15) is 0 Å². The minimum absolute atomic E-state index is 1.17. The van der Waals surface area contributed by atoms with Gasteiger partial charge in [0.15, 0.2) is 0 Å². The molecule has 0 nitrogen and oxygen atoms in total. The lowest BCUT2D eigenvalue weighted by atomic mass is 10.1. The van der Waals surface area contributed by atoms with Crippen molar-refractivity contribution in [3.8, 4) is 0 Å². The summed E-state index contributed by atoms with van der Waals surface area (Å²) in [4.78, 5) is 0. The number of hydrogen-bond donors (Lipinski definition) is 0. The summed E-state index contributed by atoms with van der Waals surface area (Å²) in [6.07, 6.45) is 3.93. The quantitative estimate of drug-likeness (QED) is 0.472. The normalized spacial score (nSPS) is 9.93. The van der Waals surface area contributed by atoms with E-state index in [9.17, 15) is 0 Å². The molecule has 80 valence electrons. The van der Waals surface area contributed by atoms with Crippen LogP contribution in [0.2, 0.25) is 0 Å². The van der Waals surface area contributed by atoms with Gasteiger partial charge in [0.05, 0.1) is 0 Å². The Labute approximate surface area is 93.7 Å². The molecule has 0 heteroatoms. The van der Waals surface area contributed by atoms with Crippen molar-refractivity contribution in [1.82, 2.24) is 0 Å². The molecule has 0 aliphatic rings. The standard InChI is InChI=1S/C11H12.C4H8/c1-3-10(4-2)11-8-6-5-7-9-11;1-4(2)3/h3-9H,1H2,2H3;1H2,2-3H3/b10-4+;. The summed E-state index contributed by atoms with van der Waals surface area (Å²) in [7, 11) is 0. The lowest BCUT2D eigenvalue weighted by molar-refractivity contribution is 1.42. The molecule has 0 fully saturated rings. The third kappa shape index (κ3) is 6.50. The molecule has 0 aromatic heterocycles. The summed E-state index contributed by atoms with van der Waals surface area (Å²) >= 11 is 0. The summed E-state index contributed by atoms with van der Waals surface area (Å²) < 4.78 is 0. The number of rotatable bonds is 2. The van der Waals surface area contributed by atoms with Crippen molar-refractivity contribution in [2.24, 2.45) is 0 Å². The third-order valence-corrected chi connectivity index (χ3v) is 1.64. The summed E-state index contributed by atoms with van der Waals surface area (Å²) in [5, 5.41) is 0. The average molecular weight is 200 g/mol. The van der Waals surface area contributed by atoms with Crippen molar-refractivity contribution in [1.29, 1.82) is 0 Å². The molecule has 0 atom stereocenters. The van der Waals surface area contributed by atoms with Gasteiger partial charge in [-0.05, 0) is 31.9 Å². The highest BCUT2D eigenvalue weighted by atomic mass is 14.0. The van der Waals surface area contributed by atoms with E-state index in [0.29, 0.717) is 0 Å². The average Bonchev–Trinajstić information content (AvgIpc) is 2.20. The van der Waals surface area contributed by atoms with Crippen LogP contribution in [0.5, 0.6) is 0 Å². The molecule has 0 aliphatic heterocycles. The van der Waals surface area contributed by atoms with E-state index in [0.717, 1.165) is 0 Å². The second-order valence-electron chi connectivity index (χ2n) is 3.52. The van der Waals surface area contributed by atoms with Crippen LogP contribution >= 0.6 is 0 Å². The predicted octanol–water partition coefficient (Wildman–Crippen LogP) is 4.86. The fourth-order valence-electron chi connectivity index (χ4n) is 1.03. The molecule has 0 bridgehead atoms. The molecule has 15 heavy (non-hydrogen) atoms. The van der Waals surface area contributed by atoms with E-state index in [1.165, 1.54) is 16.7 Å². The minimum atomic E-state index is 1.17. The molecule has 0 heterocycles. The number of benzene rings is 1. The Morgan fingerprint density at radius 1 is 1.13 bits per heavy atom. The van der Waals surface area contributed by atoms with Gasteiger partial charge < -0.3 is 0 Å². The first-order valence-corrected chi connectivity index (χ1v) is 5.08. The largest absolute Gasteiger partial charge is 0.100 e. The zero-order valence-electron chi connectivity index (χ0n) is 9.96. The van der Waals surface area contributed by atoms with Crippen molar-refractivity contribution < 1.29 is 0 Å². The molecule has 0 radical (unpaired) electrons. The number of allylic oxidation sites excluding steroid dienone is 4. The van der Waals surface area contributed by atoms with E-state index < -0.39 is 0 Å². The Kier molecular flexibility index (Phi) is 7.00. The highest BCUT2D eigenvalue weighted by Crippen LogP contribution is 2.13. The molecule has 0 saturated heterocycles. The van der Waals surface area contributed by atoms with Gasteiger partial charge in [0.2, 0.25) is 0 Å². The SMILES string of the molecule is C=C(C)C.C=C/C(=C\C)c1ccccc1. The maximum absolute atomic E-state index is 3.74. The highest BCUT2D eigenvalue weighted by Gasteiger charge is 1.91. The molecule has 1 aromatic rings. The van der Waals surface area contributed by atoms with Crippen molar-refractivity contribution in [3.63, 3.8) is 0 Å². The van der Waals surface area contributed by atoms with Gasteiger partial charge in [0, 0.05) is 0 Å². The smallest absolute Gasteiger partial charge is 0.0188 e. The first-order chi connectivity index (χ1) is 7.11. The lowest BCUT2D eigenvalue weighted by Crippen LogP contribution is -1.76. The summed E-state index contributed by atoms with van der Waals surface area (Å²) in [6, 6.07) is 10.2. The summed E-state index contributed by atoms with van der Waals surface area (Å²) in [5.74, 6) is 0. The monoisotopic (exact) mass is 200 g/mol. The first-order valence-electron chi connectivity index (χ1n) is 5.08. The first kappa shape index (κ1) is 13.4. The molecular weight excluding hydrogens is 180 g/mol. The third-order valence-electron chi connectivity index (χ3n) is 1.64. The van der Waals surface area contributed by atoms with E-state index in [1.807, 2.05) is 45.0 Å². The van der Waals surface area contributed by atoms with Gasteiger partial charge in [-0.1, -0.05) is 54.6 Å². The van der Waals surface area contributed by atoms with E-state index in [1.54, 1.807) is 0 Å². The van der Waals surface area contributed by atoms with Gasteiger partial charge in [-0.15, -0.1) is 6.58 Å². The molecule has 0 saturated carbocycles. The second-order valence-corrected chi connectivity index (χ2v) is 3.52. The number of hydrogen-bond acceptors (Lipinski definition) is 0. The van der Waals surface area contributed by atoms with Gasteiger partial charge in [-0.25, -0.2) is 0 Å². The molecule has 0 amide bonds. The van der Waals surface area contributed by atoms with Gasteiger partial charge in [-0.2, -0.15) is 0 Å². The highest BCUT2D eigenvalue weighted by molar-refractivity contribution is 5.72. The molecule has 1 rings (SSSR count). The minimum Gasteiger partial charge on any atom is -0.100 e. The molecule has 0 aliphatic carbocycles. The maximum Gasteiger partial charge on any atom is -0.0188 e. The van der Waals surface area contributed by atoms with Crippen LogP contribution in [-0.4, -0.2) is 0 Å². The molecule has 0 unspecified atom stereocenters. The second kappa shape index (κ2) is 7.81. The Bertz CT molecular complexity index is 324. The zero-order chi connectivity index (χ0) is 11.7. The van der Waals surface area contributed by atoms with Crippen LogP contribution in [0.15, 0.2) is 61.2 Å². The Morgan fingerprint density at radius 3 is 1.93 bits per heavy atom. The zero-order valence-corrected chi connectivity index (χ0v) is 9.96. The van der Waals surface area contributed by atoms with Crippen molar-refractivity contribution in [2.45, 2.75) is 20.8 Å². The topological polar surface area (TPSA) is 0 Å². The van der Waals surface area contributed by atoms with Gasteiger partial charge in [0.25, 0.3) is 0 Å². The van der Waals surface area contributed by atoms with Crippen LogP contribution < -0.4 is 0 Å². The van der Waals surface area contributed by atoms with Crippen LogP contribution in [0.1, 0.15) is 26.3 Å². The predicted molar refractivity (Wildman–Crippen MR) is 70.8 cm³/mol. The van der Waals surface area contributed by atoms with Crippen LogP contribution in [0, 0.1) is 0 Å². The van der Waals surface area contributed by atoms with Crippen LogP contribution in [0.4, 0.5) is 0 Å². The van der Waals surface area contributed by atoms with E-state index >= 15 is 0 Å². The van der Waals surface area contributed by atoms with E-state index in [-0.39, 0.29) is 0 Å². The van der Waals surface area contributed by atoms with Gasteiger partial charge in [-0.3, -0.25) is 0 Å². The van der Waals surface area contributed by atoms with Crippen molar-refractivity contribution in [3.05, 3.63) is 66.8 Å². The fourth-order valence-corrected chi connectivity index (χ4v) is 1.03. The van der Waals surface area contributed by atoms with E-state index in [4.69, 9.17) is 0 Å². The van der Waals surface area contributed by atoms with Gasteiger partial charge >= 0.3 is 0 Å². The molecular formula is C15H20. The molecule has 0 spiro atoms. The van der Waals surface area contributed by atoms with Crippen molar-refractivity contribution >= 4 is 5.57 Å². The summed E-state index contributed by atoms with van der Waals surface area (Å²) in [6.45, 7) is 13.3. The fraction of sp³-hybridized carbons (Fsp3) is 0.200. The maximum atomic E-state index is 3.74. The van der Waals surface area contributed by atoms with Crippen molar-refractivity contribution in [2.75, 3.05) is 0 Å². The Balaban J connectivity index is 0.000000423. The van der Waals surface area contributed by atoms with E-state index in [2.05, 4.69) is 31.4 Å². The lowest BCUT2D eigenvalue weighted by Gasteiger charge is -1.98. The van der Waals surface area contributed by atoms with Crippen LogP contribution in [0.3, 0.4) is 0 Å². The summed E-state index contributed by atoms with van der Waals surface area (Å²) in [5.41, 5.74) is 3.58. The van der Waals surface area contributed by atoms with Crippen LogP contribution in [0.25, 0.3) is 5.57 Å². The Hall–Kier alpha value is -1.56.